The molecule has 0 aromatic heterocycles. The van der Waals surface area contributed by atoms with Gasteiger partial charge < -0.3 is 5.11 Å². The molecule has 0 aromatic carbocycles. The lowest BCUT2D eigenvalue weighted by Gasteiger charge is -2.18. The Morgan fingerprint density at radius 2 is 2.13 bits per heavy atom. The minimum atomic E-state index is -3.66. The van der Waals surface area contributed by atoms with E-state index in [0.29, 0.717) is 12.5 Å². The van der Waals surface area contributed by atoms with Gasteiger partial charge >= 0.3 is 5.97 Å². The van der Waals surface area contributed by atoms with E-state index < -0.39 is 22.2 Å². The van der Waals surface area contributed by atoms with E-state index in [1.165, 1.54) is 18.3 Å². The first-order valence-electron chi connectivity index (χ1n) is 4.79. The molecule has 0 unspecified atom stereocenters. The van der Waals surface area contributed by atoms with E-state index in [4.69, 9.17) is 5.11 Å². The molecule has 0 saturated heterocycles. The third kappa shape index (κ3) is 3.77. The Balaban J connectivity index is 2.52. The molecule has 1 atom stereocenters. The van der Waals surface area contributed by atoms with Gasteiger partial charge in [-0.1, -0.05) is 0 Å². The summed E-state index contributed by atoms with van der Waals surface area (Å²) in [6, 6.07) is -1.10. The molecule has 1 saturated carbocycles. The van der Waals surface area contributed by atoms with Gasteiger partial charge in [0.1, 0.15) is 6.04 Å². The second-order valence-electron chi connectivity index (χ2n) is 3.91. The molecular weight excluding hydrogens is 220 g/mol. The van der Waals surface area contributed by atoms with Crippen molar-refractivity contribution in [2.75, 3.05) is 13.6 Å². The highest BCUT2D eigenvalue weighted by molar-refractivity contribution is 7.87. The lowest BCUT2D eigenvalue weighted by Crippen LogP contribution is -2.46. The van der Waals surface area contributed by atoms with Gasteiger partial charge in [0.25, 0.3) is 10.2 Å². The van der Waals surface area contributed by atoms with E-state index in [-0.39, 0.29) is 0 Å². The molecule has 1 fully saturated rings. The summed E-state index contributed by atoms with van der Waals surface area (Å²) in [4.78, 5) is 10.5. The van der Waals surface area contributed by atoms with E-state index >= 15 is 0 Å². The van der Waals surface area contributed by atoms with E-state index in [1.807, 2.05) is 0 Å². The molecular formula is C8H16N2O4S. The molecule has 0 heterocycles. The number of aliphatic carboxylic acids is 1. The average molecular weight is 236 g/mol. The van der Waals surface area contributed by atoms with E-state index in [0.717, 1.165) is 12.8 Å². The summed E-state index contributed by atoms with van der Waals surface area (Å²) in [5, 5.41) is 8.58. The molecule has 0 spiro atoms. The Kier molecular flexibility index (Phi) is 3.69. The van der Waals surface area contributed by atoms with Crippen molar-refractivity contribution in [1.29, 1.82) is 0 Å². The number of hydrogen-bond donors (Lipinski definition) is 2. The molecule has 0 aromatic rings. The van der Waals surface area contributed by atoms with Crippen molar-refractivity contribution in [2.45, 2.75) is 25.8 Å². The summed E-state index contributed by atoms with van der Waals surface area (Å²) in [6.45, 7) is 1.76. The molecule has 7 heteroatoms. The van der Waals surface area contributed by atoms with Gasteiger partial charge in [0.05, 0.1) is 0 Å². The zero-order chi connectivity index (χ0) is 11.6. The number of nitrogens with zero attached hydrogens (tertiary/aromatic N) is 1. The molecule has 6 nitrogen and oxygen atoms in total. The smallest absolute Gasteiger partial charge is 0.321 e. The zero-order valence-electron chi connectivity index (χ0n) is 8.80. The molecule has 15 heavy (non-hydrogen) atoms. The van der Waals surface area contributed by atoms with Gasteiger partial charge in [0.15, 0.2) is 0 Å². The van der Waals surface area contributed by atoms with Crippen molar-refractivity contribution in [3.8, 4) is 0 Å². The van der Waals surface area contributed by atoms with Crippen molar-refractivity contribution in [3.63, 3.8) is 0 Å². The lowest BCUT2D eigenvalue weighted by atomic mass is 10.4. The number of hydrogen-bond acceptors (Lipinski definition) is 3. The minimum absolute atomic E-state index is 0.437. The van der Waals surface area contributed by atoms with Crippen LogP contribution in [0.25, 0.3) is 0 Å². The van der Waals surface area contributed by atoms with Crippen LogP contribution in [0, 0.1) is 5.92 Å². The van der Waals surface area contributed by atoms with Gasteiger partial charge in [-0.25, -0.2) is 0 Å². The van der Waals surface area contributed by atoms with Crippen LogP contribution in [0.3, 0.4) is 0 Å². The van der Waals surface area contributed by atoms with Crippen LogP contribution in [-0.2, 0) is 15.0 Å². The maximum atomic E-state index is 11.6. The second-order valence-corrected chi connectivity index (χ2v) is 5.72. The van der Waals surface area contributed by atoms with Crippen LogP contribution in [-0.4, -0.2) is 43.4 Å². The van der Waals surface area contributed by atoms with Crippen LogP contribution < -0.4 is 4.72 Å². The standard InChI is InChI=1S/C8H16N2O4S/c1-6(8(11)12)9-15(13,14)10(2)5-7-3-4-7/h6-7,9H,3-5H2,1-2H3,(H,11,12)/t6-/m1/s1. The topological polar surface area (TPSA) is 86.7 Å². The fourth-order valence-corrected chi connectivity index (χ4v) is 2.26. The Hall–Kier alpha value is -0.660. The largest absolute Gasteiger partial charge is 0.480 e. The van der Waals surface area contributed by atoms with Crippen LogP contribution in [0.1, 0.15) is 19.8 Å². The maximum Gasteiger partial charge on any atom is 0.321 e. The van der Waals surface area contributed by atoms with Gasteiger partial charge in [0.2, 0.25) is 0 Å². The summed E-state index contributed by atoms with van der Waals surface area (Å²) >= 11 is 0. The summed E-state index contributed by atoms with van der Waals surface area (Å²) in [5.74, 6) is -0.745. The SMILES string of the molecule is C[C@@H](NS(=O)(=O)N(C)CC1CC1)C(=O)O. The fraction of sp³-hybridized carbons (Fsp3) is 0.875. The summed E-state index contributed by atoms with van der Waals surface area (Å²) in [7, 11) is -2.20. The van der Waals surface area contributed by atoms with E-state index in [2.05, 4.69) is 4.72 Å². The maximum absolute atomic E-state index is 11.6. The molecule has 0 amide bonds. The first kappa shape index (κ1) is 12.4. The predicted octanol–water partition coefficient (Wildman–Crippen LogP) is -0.364. The highest BCUT2D eigenvalue weighted by Gasteiger charge is 2.29. The van der Waals surface area contributed by atoms with E-state index in [1.54, 1.807) is 0 Å². The van der Waals surface area contributed by atoms with Gasteiger partial charge in [-0.2, -0.15) is 17.4 Å². The number of nitrogens with one attached hydrogen (secondary N) is 1. The van der Waals surface area contributed by atoms with Crippen LogP contribution in [0.4, 0.5) is 0 Å². The van der Waals surface area contributed by atoms with Crippen LogP contribution >= 0.6 is 0 Å². The van der Waals surface area contributed by atoms with Gasteiger partial charge in [-0.15, -0.1) is 0 Å². The fourth-order valence-electron chi connectivity index (χ4n) is 1.13. The highest BCUT2D eigenvalue weighted by Crippen LogP contribution is 2.29. The van der Waals surface area contributed by atoms with Gasteiger partial charge in [-0.05, 0) is 25.7 Å². The van der Waals surface area contributed by atoms with Crippen molar-refractivity contribution >= 4 is 16.2 Å². The highest BCUT2D eigenvalue weighted by atomic mass is 32.2. The Labute approximate surface area is 89.4 Å². The molecule has 88 valence electrons. The van der Waals surface area contributed by atoms with Crippen LogP contribution in [0.15, 0.2) is 0 Å². The quantitative estimate of drug-likeness (QED) is 0.659. The third-order valence-corrected chi connectivity index (χ3v) is 3.94. The molecule has 1 rings (SSSR count). The lowest BCUT2D eigenvalue weighted by molar-refractivity contribution is -0.138. The summed E-state index contributed by atoms with van der Waals surface area (Å²) in [6.07, 6.45) is 2.10. The van der Waals surface area contributed by atoms with Crippen LogP contribution in [0.5, 0.6) is 0 Å². The Bertz CT molecular complexity index is 337. The van der Waals surface area contributed by atoms with E-state index in [9.17, 15) is 13.2 Å². The van der Waals surface area contributed by atoms with Crippen molar-refractivity contribution in [3.05, 3.63) is 0 Å². The molecule has 1 aliphatic rings. The summed E-state index contributed by atoms with van der Waals surface area (Å²) < 4.78 is 26.4. The third-order valence-electron chi connectivity index (χ3n) is 2.32. The van der Waals surface area contributed by atoms with Crippen molar-refractivity contribution < 1.29 is 18.3 Å². The molecule has 0 bridgehead atoms. The first-order valence-corrected chi connectivity index (χ1v) is 6.23. The number of carbonyl (C=O) groups is 1. The van der Waals surface area contributed by atoms with Gasteiger partial charge in [0, 0.05) is 13.6 Å². The van der Waals surface area contributed by atoms with Crippen molar-refractivity contribution in [1.82, 2.24) is 9.03 Å². The van der Waals surface area contributed by atoms with Crippen molar-refractivity contribution in [2.24, 2.45) is 5.92 Å². The first-order chi connectivity index (χ1) is 6.83. The Morgan fingerprint density at radius 3 is 2.53 bits per heavy atom. The average Bonchev–Trinajstić information content (AvgIpc) is 2.87. The monoisotopic (exact) mass is 236 g/mol. The zero-order valence-corrected chi connectivity index (χ0v) is 9.62. The second kappa shape index (κ2) is 4.46. The number of rotatable bonds is 6. The predicted molar refractivity (Wildman–Crippen MR) is 54.5 cm³/mol. The number of carboxylic acids is 1. The normalized spacial score (nSPS) is 19.1. The summed E-state index contributed by atoms with van der Waals surface area (Å²) in [5.41, 5.74) is 0. The molecule has 0 aliphatic heterocycles. The molecule has 2 N–H and O–H groups in total. The van der Waals surface area contributed by atoms with Crippen LogP contribution in [0.2, 0.25) is 0 Å². The molecule has 1 aliphatic carbocycles. The minimum Gasteiger partial charge on any atom is -0.480 e. The molecule has 0 radical (unpaired) electrons. The number of carboxylic acid groups (broad SMARTS) is 1. The Morgan fingerprint density at radius 1 is 1.60 bits per heavy atom. The van der Waals surface area contributed by atoms with Gasteiger partial charge in [-0.3, -0.25) is 4.79 Å².